The maximum Gasteiger partial charge on any atom is 0.203 e. The van der Waals surface area contributed by atoms with Crippen molar-refractivity contribution in [3.8, 4) is 0 Å². The van der Waals surface area contributed by atoms with Crippen molar-refractivity contribution in [1.29, 1.82) is 0 Å². The zero-order valence-corrected chi connectivity index (χ0v) is 8.33. The molecule has 0 aromatic heterocycles. The molecule has 0 spiro atoms. The molecule has 1 rings (SSSR count). The summed E-state index contributed by atoms with van der Waals surface area (Å²) in [6.45, 7) is 2.84. The van der Waals surface area contributed by atoms with Crippen LogP contribution in [0.5, 0.6) is 0 Å². The van der Waals surface area contributed by atoms with E-state index in [0.29, 0.717) is 18.5 Å². The van der Waals surface area contributed by atoms with Crippen LogP contribution in [0.4, 0.5) is 0 Å². The maximum absolute atomic E-state index is 5.41. The first-order chi connectivity index (χ1) is 6.15. The standard InChI is InChI=1S/C8H19N5/c1-6(5-11-8(9)12-10)13(2)7-3-4-7/h6-7H,3-5,10H2,1-2H3,(H3,9,11,12). The van der Waals surface area contributed by atoms with Gasteiger partial charge in [0, 0.05) is 12.1 Å². The van der Waals surface area contributed by atoms with Crippen LogP contribution in [-0.2, 0) is 0 Å². The molecule has 1 aliphatic rings. The topological polar surface area (TPSA) is 79.7 Å². The Labute approximate surface area is 79.1 Å². The van der Waals surface area contributed by atoms with Gasteiger partial charge in [0.15, 0.2) is 0 Å². The molecular formula is C8H19N5. The van der Waals surface area contributed by atoms with Crippen molar-refractivity contribution >= 4 is 5.96 Å². The Morgan fingerprint density at radius 1 is 1.69 bits per heavy atom. The lowest BCUT2D eigenvalue weighted by Crippen LogP contribution is -2.39. The Morgan fingerprint density at radius 3 is 2.77 bits per heavy atom. The molecule has 0 radical (unpaired) electrons. The van der Waals surface area contributed by atoms with Crippen LogP contribution in [0, 0.1) is 0 Å². The van der Waals surface area contributed by atoms with Crippen LogP contribution in [-0.4, -0.2) is 36.5 Å². The van der Waals surface area contributed by atoms with Gasteiger partial charge in [-0.15, -0.1) is 0 Å². The molecule has 0 aromatic rings. The molecule has 0 aliphatic heterocycles. The van der Waals surface area contributed by atoms with Crippen molar-refractivity contribution in [2.75, 3.05) is 13.6 Å². The molecule has 0 amide bonds. The first kappa shape index (κ1) is 10.3. The van der Waals surface area contributed by atoms with E-state index >= 15 is 0 Å². The lowest BCUT2D eigenvalue weighted by atomic mass is 10.3. The van der Waals surface area contributed by atoms with E-state index in [4.69, 9.17) is 11.6 Å². The number of hydrazine groups is 1. The Morgan fingerprint density at radius 2 is 2.31 bits per heavy atom. The Balaban J connectivity index is 2.26. The highest BCUT2D eigenvalue weighted by atomic mass is 15.3. The lowest BCUT2D eigenvalue weighted by Gasteiger charge is -2.22. The predicted molar refractivity (Wildman–Crippen MR) is 54.1 cm³/mol. The molecule has 1 unspecified atom stereocenters. The second-order valence-electron chi connectivity index (χ2n) is 3.62. The number of rotatable bonds is 4. The average Bonchev–Trinajstić information content (AvgIpc) is 2.95. The van der Waals surface area contributed by atoms with Crippen LogP contribution >= 0.6 is 0 Å². The normalized spacial score (nSPS) is 20.5. The molecule has 13 heavy (non-hydrogen) atoms. The maximum atomic E-state index is 5.41. The summed E-state index contributed by atoms with van der Waals surface area (Å²) in [7, 11) is 2.13. The van der Waals surface area contributed by atoms with Gasteiger partial charge in [-0.05, 0) is 26.8 Å². The van der Waals surface area contributed by atoms with Gasteiger partial charge in [-0.2, -0.15) is 0 Å². The highest BCUT2D eigenvalue weighted by Gasteiger charge is 2.28. The average molecular weight is 185 g/mol. The minimum absolute atomic E-state index is 0.302. The smallest absolute Gasteiger partial charge is 0.203 e. The van der Waals surface area contributed by atoms with Gasteiger partial charge in [0.1, 0.15) is 0 Å². The van der Waals surface area contributed by atoms with Crippen molar-refractivity contribution < 1.29 is 0 Å². The summed E-state index contributed by atoms with van der Waals surface area (Å²) in [6.07, 6.45) is 2.63. The molecule has 1 atom stereocenters. The molecule has 5 N–H and O–H groups in total. The molecule has 1 saturated carbocycles. The number of guanidine groups is 1. The molecule has 76 valence electrons. The summed E-state index contributed by atoms with van der Waals surface area (Å²) in [5.74, 6) is 5.39. The third-order valence-electron chi connectivity index (χ3n) is 2.49. The van der Waals surface area contributed by atoms with Gasteiger partial charge in [-0.3, -0.25) is 15.3 Å². The predicted octanol–water partition coefficient (Wildman–Crippen LogP) is -0.753. The number of aliphatic imine (C=N–C) groups is 1. The second kappa shape index (κ2) is 4.43. The van der Waals surface area contributed by atoms with Gasteiger partial charge >= 0.3 is 0 Å². The quantitative estimate of drug-likeness (QED) is 0.233. The van der Waals surface area contributed by atoms with E-state index < -0.39 is 0 Å². The van der Waals surface area contributed by atoms with Crippen LogP contribution in [0.2, 0.25) is 0 Å². The minimum atomic E-state index is 0.302. The van der Waals surface area contributed by atoms with Crippen LogP contribution < -0.4 is 17.0 Å². The summed E-state index contributed by atoms with van der Waals surface area (Å²) >= 11 is 0. The third-order valence-corrected chi connectivity index (χ3v) is 2.49. The summed E-state index contributed by atoms with van der Waals surface area (Å²) in [4.78, 5) is 6.43. The number of nitrogens with one attached hydrogen (secondary N) is 1. The Kier molecular flexibility index (Phi) is 3.50. The Bertz CT molecular complexity index is 187. The highest BCUT2D eigenvalue weighted by molar-refractivity contribution is 5.77. The first-order valence-corrected chi connectivity index (χ1v) is 4.63. The number of nitrogens with two attached hydrogens (primary N) is 2. The van der Waals surface area contributed by atoms with Crippen LogP contribution in [0.15, 0.2) is 4.99 Å². The lowest BCUT2D eigenvalue weighted by molar-refractivity contribution is 0.253. The molecular weight excluding hydrogens is 166 g/mol. The highest BCUT2D eigenvalue weighted by Crippen LogP contribution is 2.26. The largest absolute Gasteiger partial charge is 0.369 e. The van der Waals surface area contributed by atoms with E-state index in [1.165, 1.54) is 12.8 Å². The van der Waals surface area contributed by atoms with Crippen molar-refractivity contribution in [3.05, 3.63) is 0 Å². The van der Waals surface area contributed by atoms with Gasteiger partial charge in [0.05, 0.1) is 6.54 Å². The second-order valence-corrected chi connectivity index (χ2v) is 3.62. The fourth-order valence-corrected chi connectivity index (χ4v) is 1.25. The van der Waals surface area contributed by atoms with Crippen molar-refractivity contribution in [2.24, 2.45) is 16.6 Å². The molecule has 0 heterocycles. The van der Waals surface area contributed by atoms with E-state index in [-0.39, 0.29) is 0 Å². The number of likely N-dealkylation sites (N-methyl/N-ethyl adjacent to an activating group) is 1. The zero-order chi connectivity index (χ0) is 9.84. The monoisotopic (exact) mass is 185 g/mol. The van der Waals surface area contributed by atoms with Crippen LogP contribution in [0.3, 0.4) is 0 Å². The summed E-state index contributed by atoms with van der Waals surface area (Å²) in [5, 5.41) is 0. The van der Waals surface area contributed by atoms with E-state index in [1.807, 2.05) is 0 Å². The van der Waals surface area contributed by atoms with Gasteiger partial charge in [0.25, 0.3) is 0 Å². The van der Waals surface area contributed by atoms with Crippen LogP contribution in [0.25, 0.3) is 0 Å². The molecule has 1 fully saturated rings. The first-order valence-electron chi connectivity index (χ1n) is 4.63. The summed E-state index contributed by atoms with van der Waals surface area (Å²) in [5.41, 5.74) is 7.72. The molecule has 0 bridgehead atoms. The SMILES string of the molecule is CC(CN=C(N)NN)N(C)C1CC1. The number of nitrogens with zero attached hydrogens (tertiary/aromatic N) is 2. The van der Waals surface area contributed by atoms with Crippen molar-refractivity contribution in [1.82, 2.24) is 10.3 Å². The Hall–Kier alpha value is -0.810. The number of hydrogen-bond donors (Lipinski definition) is 3. The van der Waals surface area contributed by atoms with Crippen molar-refractivity contribution in [3.63, 3.8) is 0 Å². The molecule has 5 nitrogen and oxygen atoms in total. The minimum Gasteiger partial charge on any atom is -0.369 e. The summed E-state index contributed by atoms with van der Waals surface area (Å²) in [6, 6.07) is 1.19. The summed E-state index contributed by atoms with van der Waals surface area (Å²) < 4.78 is 0. The van der Waals surface area contributed by atoms with E-state index in [9.17, 15) is 0 Å². The molecule has 0 aromatic carbocycles. The van der Waals surface area contributed by atoms with Gasteiger partial charge in [-0.1, -0.05) is 0 Å². The molecule has 0 saturated heterocycles. The third kappa shape index (κ3) is 3.20. The number of hydrogen-bond acceptors (Lipinski definition) is 3. The van der Waals surface area contributed by atoms with Gasteiger partial charge in [0.2, 0.25) is 5.96 Å². The fraction of sp³-hybridized carbons (Fsp3) is 0.875. The van der Waals surface area contributed by atoms with E-state index in [0.717, 1.165) is 6.04 Å². The van der Waals surface area contributed by atoms with Gasteiger partial charge in [-0.25, -0.2) is 5.84 Å². The molecule has 1 aliphatic carbocycles. The zero-order valence-electron chi connectivity index (χ0n) is 8.33. The van der Waals surface area contributed by atoms with Gasteiger partial charge < -0.3 is 5.73 Å². The van der Waals surface area contributed by atoms with Crippen molar-refractivity contribution in [2.45, 2.75) is 31.8 Å². The fourth-order valence-electron chi connectivity index (χ4n) is 1.25. The van der Waals surface area contributed by atoms with E-state index in [2.05, 4.69) is 29.3 Å². The van der Waals surface area contributed by atoms with Crippen LogP contribution in [0.1, 0.15) is 19.8 Å². The van der Waals surface area contributed by atoms with E-state index in [1.54, 1.807) is 0 Å². The molecule has 5 heteroatoms.